The van der Waals surface area contributed by atoms with Gasteiger partial charge in [0.15, 0.2) is 0 Å². The molecule has 4 heteroatoms. The summed E-state index contributed by atoms with van der Waals surface area (Å²) in [6.45, 7) is 0. The third kappa shape index (κ3) is 4.81. The number of benzene rings is 12. The van der Waals surface area contributed by atoms with E-state index >= 15 is 0 Å². The smallest absolute Gasteiger partial charge is 0.135 e. The van der Waals surface area contributed by atoms with Crippen LogP contribution in [0.5, 0.6) is 0 Å². The fourth-order valence-corrected chi connectivity index (χ4v) is 15.5. The van der Waals surface area contributed by atoms with Crippen LogP contribution in [0.2, 0.25) is 0 Å². The van der Waals surface area contributed by atoms with Crippen LogP contribution in [0.15, 0.2) is 264 Å². The van der Waals surface area contributed by atoms with Crippen molar-refractivity contribution in [2.24, 2.45) is 0 Å². The van der Waals surface area contributed by atoms with Crippen molar-refractivity contribution in [1.82, 2.24) is 9.13 Å². The first kappa shape index (κ1) is 41.1. The normalized spacial score (nSPS) is 14.4. The van der Waals surface area contributed by atoms with Gasteiger partial charge in [-0.25, -0.2) is 0 Å². The van der Waals surface area contributed by atoms with Crippen molar-refractivity contribution < 1.29 is 8.83 Å². The van der Waals surface area contributed by atoms with Gasteiger partial charge in [-0.05, 0) is 152 Å². The summed E-state index contributed by atoms with van der Waals surface area (Å²) in [7, 11) is 0. The molecule has 4 heterocycles. The van der Waals surface area contributed by atoms with Crippen molar-refractivity contribution in [3.63, 3.8) is 0 Å². The highest BCUT2D eigenvalue weighted by molar-refractivity contribution is 6.15. The van der Waals surface area contributed by atoms with E-state index in [1.165, 1.54) is 99.3 Å². The number of hydrogen-bond donors (Lipinski definition) is 0. The number of nitrogens with zero attached hydrogens (tertiary/aromatic N) is 2. The monoisotopic (exact) mass is 990 g/mol. The molecule has 0 radical (unpaired) electrons. The van der Waals surface area contributed by atoms with E-state index in [1.54, 1.807) is 0 Å². The van der Waals surface area contributed by atoms with Crippen molar-refractivity contribution in [1.29, 1.82) is 0 Å². The predicted octanol–water partition coefficient (Wildman–Crippen LogP) is 18.7. The van der Waals surface area contributed by atoms with Crippen molar-refractivity contribution in [3.05, 3.63) is 299 Å². The van der Waals surface area contributed by atoms with Crippen LogP contribution in [0.1, 0.15) is 44.5 Å². The van der Waals surface area contributed by atoms with E-state index in [1.807, 2.05) is 0 Å². The summed E-state index contributed by atoms with van der Waals surface area (Å²) in [5.41, 5.74) is 24.5. The molecule has 4 aromatic heterocycles. The summed E-state index contributed by atoms with van der Waals surface area (Å²) in [4.78, 5) is 0. The van der Waals surface area contributed by atoms with Gasteiger partial charge in [-0.3, -0.25) is 0 Å². The quantitative estimate of drug-likeness (QED) is 0.173. The highest BCUT2D eigenvalue weighted by Gasteiger charge is 2.59. The van der Waals surface area contributed by atoms with Crippen LogP contribution in [0, 0.1) is 0 Å². The molecule has 0 unspecified atom stereocenters. The molecule has 19 rings (SSSR count). The van der Waals surface area contributed by atoms with Gasteiger partial charge in [0, 0.05) is 54.5 Å². The van der Waals surface area contributed by atoms with Crippen LogP contribution in [0.4, 0.5) is 0 Å². The Labute approximate surface area is 446 Å². The molecule has 0 bridgehead atoms. The molecule has 3 aliphatic rings. The Balaban J connectivity index is 1.02. The summed E-state index contributed by atoms with van der Waals surface area (Å²) in [5, 5.41) is 9.31. The van der Waals surface area contributed by atoms with Crippen LogP contribution in [-0.2, 0) is 10.8 Å². The Morgan fingerprint density at radius 1 is 0.218 bits per heavy atom. The van der Waals surface area contributed by atoms with Crippen LogP contribution in [0.3, 0.4) is 0 Å². The highest BCUT2D eigenvalue weighted by atomic mass is 16.3. The second-order valence-corrected chi connectivity index (χ2v) is 21.8. The molecule has 4 nitrogen and oxygen atoms in total. The molecule has 0 saturated heterocycles. The fraction of sp³-hybridized carbons (Fsp3) is 0.0270. The van der Waals surface area contributed by atoms with E-state index in [2.05, 4.69) is 264 Å². The summed E-state index contributed by atoms with van der Waals surface area (Å²) in [6.07, 6.45) is 0. The topological polar surface area (TPSA) is 36.1 Å². The van der Waals surface area contributed by atoms with Crippen LogP contribution < -0.4 is 0 Å². The second-order valence-electron chi connectivity index (χ2n) is 21.8. The lowest BCUT2D eigenvalue weighted by Crippen LogP contribution is -2.44. The number of furan rings is 2. The zero-order chi connectivity index (χ0) is 50.6. The van der Waals surface area contributed by atoms with Gasteiger partial charge in [-0.1, -0.05) is 170 Å². The van der Waals surface area contributed by atoms with Gasteiger partial charge >= 0.3 is 0 Å². The zero-order valence-electron chi connectivity index (χ0n) is 42.0. The Morgan fingerprint density at radius 3 is 0.949 bits per heavy atom. The Kier molecular flexibility index (Phi) is 7.59. The minimum Gasteiger partial charge on any atom is -0.456 e. The molecular formula is C74H42N2O2. The molecule has 0 atom stereocenters. The Bertz CT molecular complexity index is 4940. The average Bonchev–Trinajstić information content (AvgIpc) is 2.56. The number of aromatic nitrogens is 2. The van der Waals surface area contributed by atoms with E-state index in [9.17, 15) is 0 Å². The summed E-state index contributed by atoms with van der Waals surface area (Å²) < 4.78 is 17.9. The van der Waals surface area contributed by atoms with Gasteiger partial charge < -0.3 is 18.0 Å². The van der Waals surface area contributed by atoms with Crippen molar-refractivity contribution >= 4 is 87.5 Å². The van der Waals surface area contributed by atoms with Crippen molar-refractivity contribution in [2.75, 3.05) is 0 Å². The Morgan fingerprint density at radius 2 is 0.538 bits per heavy atom. The maximum atomic E-state index is 6.45. The molecule has 0 amide bonds. The molecule has 12 aromatic carbocycles. The Hall–Kier alpha value is -10.2. The average molecular weight is 991 g/mol. The lowest BCUT2D eigenvalue weighted by molar-refractivity contribution is 0.635. The van der Waals surface area contributed by atoms with Crippen molar-refractivity contribution in [2.45, 2.75) is 10.8 Å². The first-order valence-electron chi connectivity index (χ1n) is 27.1. The number of hydrogen-bond acceptors (Lipinski definition) is 2. The van der Waals surface area contributed by atoms with Crippen LogP contribution in [0.25, 0.3) is 121 Å². The van der Waals surface area contributed by atoms with Gasteiger partial charge in [0.2, 0.25) is 0 Å². The zero-order valence-corrected chi connectivity index (χ0v) is 42.0. The second kappa shape index (κ2) is 14.4. The molecule has 0 aliphatic heterocycles. The summed E-state index contributed by atoms with van der Waals surface area (Å²) in [5.74, 6) is 0. The van der Waals surface area contributed by atoms with E-state index in [0.717, 1.165) is 66.3 Å². The predicted molar refractivity (Wildman–Crippen MR) is 318 cm³/mol. The van der Waals surface area contributed by atoms with E-state index in [0.29, 0.717) is 0 Å². The molecule has 78 heavy (non-hydrogen) atoms. The molecule has 0 saturated carbocycles. The third-order valence-electron chi connectivity index (χ3n) is 18.4. The molecule has 16 aromatic rings. The lowest BCUT2D eigenvalue weighted by atomic mass is 9.52. The summed E-state index contributed by atoms with van der Waals surface area (Å²) >= 11 is 0. The minimum absolute atomic E-state index is 0.734. The SMILES string of the molecule is c1ccc2c(c1)-c1ccccc1C21c2cc3c4ccccc4n(-c4ccc5oc6ccccc6c5c4)c3cc2C2(c3ccccc3-c3ccccc32)c2cc3c4ccccc4n(-c4ccc5oc6ccccc6c5c4)c3cc21. The molecular weight excluding hydrogens is 949 g/mol. The standard InChI is InChI=1S/C74H42N2O2/c1-9-25-57-45(17-1)46-18-2-10-26-58(46)73(57)61-39-53-49-21-5-13-29-65(49)76(44-34-36-72-56(38-44)52-24-8-16-32-70(52)78-72)68(53)42-64(61)74(59-27-11-3-19-47(59)48-20-4-12-28-60(48)74)62-40-54-50-22-6-14-30-66(50)75(67(54)41-63(62)73)43-33-35-71-55(37-43)51-23-7-15-31-69(51)77-71/h1-42H. The van der Waals surface area contributed by atoms with E-state index in [4.69, 9.17) is 8.83 Å². The van der Waals surface area contributed by atoms with Gasteiger partial charge in [0.25, 0.3) is 0 Å². The third-order valence-corrected chi connectivity index (χ3v) is 18.4. The largest absolute Gasteiger partial charge is 0.456 e. The molecule has 0 N–H and O–H groups in total. The van der Waals surface area contributed by atoms with Gasteiger partial charge in [-0.15, -0.1) is 0 Å². The van der Waals surface area contributed by atoms with E-state index < -0.39 is 10.8 Å². The van der Waals surface area contributed by atoms with E-state index in [-0.39, 0.29) is 0 Å². The fourth-order valence-electron chi connectivity index (χ4n) is 15.5. The minimum atomic E-state index is -0.734. The maximum absolute atomic E-state index is 6.45. The van der Waals surface area contributed by atoms with Crippen LogP contribution in [-0.4, -0.2) is 9.13 Å². The molecule has 0 fully saturated rings. The van der Waals surface area contributed by atoms with Crippen molar-refractivity contribution in [3.8, 4) is 33.6 Å². The number of fused-ring (bicyclic) bond motifs is 28. The van der Waals surface area contributed by atoms with Gasteiger partial charge in [-0.2, -0.15) is 0 Å². The van der Waals surface area contributed by atoms with Gasteiger partial charge in [0.1, 0.15) is 22.3 Å². The highest BCUT2D eigenvalue weighted by Crippen LogP contribution is 2.68. The first-order chi connectivity index (χ1) is 38.7. The lowest BCUT2D eigenvalue weighted by Gasteiger charge is -2.49. The van der Waals surface area contributed by atoms with Crippen LogP contribution >= 0.6 is 0 Å². The number of rotatable bonds is 2. The maximum Gasteiger partial charge on any atom is 0.135 e. The molecule has 360 valence electrons. The molecule has 2 spiro atoms. The number of para-hydroxylation sites is 4. The summed E-state index contributed by atoms with van der Waals surface area (Å²) in [6, 6.07) is 95.8. The first-order valence-corrected chi connectivity index (χ1v) is 27.1. The van der Waals surface area contributed by atoms with Gasteiger partial charge in [0.05, 0.1) is 32.9 Å². The molecule has 3 aliphatic carbocycles.